The zero-order valence-electron chi connectivity index (χ0n) is 16.8. The predicted octanol–water partition coefficient (Wildman–Crippen LogP) is 5.86. The first-order valence-electron chi connectivity index (χ1n) is 9.74. The molecule has 32 heavy (non-hydrogen) atoms. The molecular weight excluding hydrogens is 476 g/mol. The highest BCUT2D eigenvalue weighted by atomic mass is 79.9. The van der Waals surface area contributed by atoms with Crippen LogP contribution in [0.2, 0.25) is 0 Å². The second-order valence-electron chi connectivity index (χ2n) is 6.87. The lowest BCUT2D eigenvalue weighted by Crippen LogP contribution is -2.14. The molecule has 0 saturated heterocycles. The van der Waals surface area contributed by atoms with E-state index in [1.165, 1.54) is 0 Å². The van der Waals surface area contributed by atoms with Crippen molar-refractivity contribution in [2.24, 2.45) is 0 Å². The molecule has 0 bridgehead atoms. The summed E-state index contributed by atoms with van der Waals surface area (Å²) in [6.45, 7) is 0.756. The number of carbonyl (C=O) groups is 2. The highest BCUT2D eigenvalue weighted by Crippen LogP contribution is 2.18. The number of amides is 2. The van der Waals surface area contributed by atoms with Crippen molar-refractivity contribution in [2.75, 3.05) is 10.6 Å². The summed E-state index contributed by atoms with van der Waals surface area (Å²) in [7, 11) is 0. The normalized spacial score (nSPS) is 10.7. The number of furan rings is 2. The van der Waals surface area contributed by atoms with Gasteiger partial charge in [-0.1, -0.05) is 18.2 Å². The number of benzene rings is 2. The van der Waals surface area contributed by atoms with E-state index in [1.54, 1.807) is 48.7 Å². The van der Waals surface area contributed by atoms with Gasteiger partial charge in [0.25, 0.3) is 11.8 Å². The van der Waals surface area contributed by atoms with Gasteiger partial charge in [-0.2, -0.15) is 0 Å². The largest absolute Gasteiger partial charge is 0.467 e. The van der Waals surface area contributed by atoms with Crippen molar-refractivity contribution in [3.8, 4) is 0 Å². The Morgan fingerprint density at radius 3 is 2.38 bits per heavy atom. The van der Waals surface area contributed by atoms with Crippen molar-refractivity contribution in [1.29, 1.82) is 0 Å². The molecule has 2 aromatic carbocycles. The molecule has 162 valence electrons. The van der Waals surface area contributed by atoms with E-state index < -0.39 is 5.91 Å². The standard InChI is InChI=1S/C24H19BrN2O5/c25-22-10-9-21(32-22)24(29)27-19-7-2-5-17(13-19)23(28)26-18-6-1-4-16(12-18)14-30-15-20-8-3-11-31-20/h1-13H,14-15H2,(H,26,28)(H,27,29). The van der Waals surface area contributed by atoms with E-state index in [0.29, 0.717) is 34.8 Å². The number of nitrogens with one attached hydrogen (secondary N) is 2. The molecule has 0 aliphatic rings. The molecule has 2 aromatic heterocycles. The summed E-state index contributed by atoms with van der Waals surface area (Å²) in [4.78, 5) is 25.0. The average Bonchev–Trinajstić information content (AvgIpc) is 3.46. The number of hydrogen-bond donors (Lipinski definition) is 2. The van der Waals surface area contributed by atoms with Gasteiger partial charge in [0.2, 0.25) is 0 Å². The minimum Gasteiger partial charge on any atom is -0.467 e. The van der Waals surface area contributed by atoms with Crippen LogP contribution in [-0.4, -0.2) is 11.8 Å². The quantitative estimate of drug-likeness (QED) is 0.320. The van der Waals surface area contributed by atoms with Crippen LogP contribution in [0.25, 0.3) is 0 Å². The van der Waals surface area contributed by atoms with Gasteiger partial charge in [0, 0.05) is 16.9 Å². The third-order valence-corrected chi connectivity index (χ3v) is 4.88. The van der Waals surface area contributed by atoms with Crippen LogP contribution in [0.4, 0.5) is 11.4 Å². The lowest BCUT2D eigenvalue weighted by molar-refractivity contribution is 0.0929. The highest BCUT2D eigenvalue weighted by molar-refractivity contribution is 9.10. The van der Waals surface area contributed by atoms with Gasteiger partial charge in [0.15, 0.2) is 10.4 Å². The number of carbonyl (C=O) groups excluding carboxylic acids is 2. The second kappa shape index (κ2) is 10.1. The number of halogens is 1. The Labute approximate surface area is 192 Å². The average molecular weight is 495 g/mol. The van der Waals surface area contributed by atoms with Gasteiger partial charge in [-0.15, -0.1) is 0 Å². The smallest absolute Gasteiger partial charge is 0.291 e. The van der Waals surface area contributed by atoms with Crippen molar-refractivity contribution in [2.45, 2.75) is 13.2 Å². The molecule has 0 unspecified atom stereocenters. The Bertz CT molecular complexity index is 1220. The zero-order valence-corrected chi connectivity index (χ0v) is 18.4. The first kappa shape index (κ1) is 21.6. The van der Waals surface area contributed by atoms with Crippen LogP contribution in [0.15, 0.2) is 92.6 Å². The maximum Gasteiger partial charge on any atom is 0.291 e. The number of anilines is 2. The molecule has 2 heterocycles. The van der Waals surface area contributed by atoms with Crippen LogP contribution < -0.4 is 10.6 Å². The molecule has 0 aliphatic heterocycles. The topological polar surface area (TPSA) is 93.7 Å². The molecule has 0 spiro atoms. The van der Waals surface area contributed by atoms with Gasteiger partial charge < -0.3 is 24.2 Å². The van der Waals surface area contributed by atoms with Gasteiger partial charge >= 0.3 is 0 Å². The number of hydrogen-bond acceptors (Lipinski definition) is 5. The summed E-state index contributed by atoms with van der Waals surface area (Å²) < 4.78 is 16.6. The Morgan fingerprint density at radius 2 is 1.62 bits per heavy atom. The molecule has 0 aliphatic carbocycles. The highest BCUT2D eigenvalue weighted by Gasteiger charge is 2.13. The minimum absolute atomic E-state index is 0.165. The molecule has 2 N–H and O–H groups in total. The fourth-order valence-corrected chi connectivity index (χ4v) is 3.28. The molecule has 0 atom stereocenters. The minimum atomic E-state index is -0.407. The number of rotatable bonds is 8. The molecular formula is C24H19BrN2O5. The fraction of sp³-hybridized carbons (Fsp3) is 0.0833. The molecule has 4 aromatic rings. The van der Waals surface area contributed by atoms with Gasteiger partial charge in [-0.05, 0) is 76.1 Å². The third kappa shape index (κ3) is 5.75. The SMILES string of the molecule is O=C(Nc1cccc(COCc2ccco2)c1)c1cccc(NC(=O)c2ccc(Br)o2)c1. The van der Waals surface area contributed by atoms with Crippen LogP contribution in [0, 0.1) is 0 Å². The van der Waals surface area contributed by atoms with Gasteiger partial charge in [0.1, 0.15) is 12.4 Å². The Balaban J connectivity index is 1.36. The van der Waals surface area contributed by atoms with Crippen molar-refractivity contribution >= 4 is 39.1 Å². The van der Waals surface area contributed by atoms with E-state index in [4.69, 9.17) is 13.6 Å². The van der Waals surface area contributed by atoms with Crippen LogP contribution in [0.5, 0.6) is 0 Å². The summed E-state index contributed by atoms with van der Waals surface area (Å²) in [6, 6.07) is 20.9. The molecule has 2 amide bonds. The van der Waals surface area contributed by atoms with E-state index in [2.05, 4.69) is 26.6 Å². The first-order chi connectivity index (χ1) is 15.6. The lowest BCUT2D eigenvalue weighted by Gasteiger charge is -2.09. The molecule has 0 fully saturated rings. The van der Waals surface area contributed by atoms with Crippen molar-refractivity contribution in [3.05, 3.63) is 106 Å². The fourth-order valence-electron chi connectivity index (χ4n) is 2.97. The first-order valence-corrected chi connectivity index (χ1v) is 10.5. The van der Waals surface area contributed by atoms with Crippen molar-refractivity contribution < 1.29 is 23.2 Å². The van der Waals surface area contributed by atoms with E-state index in [9.17, 15) is 9.59 Å². The van der Waals surface area contributed by atoms with Crippen LogP contribution in [-0.2, 0) is 18.0 Å². The Morgan fingerprint density at radius 1 is 0.844 bits per heavy atom. The van der Waals surface area contributed by atoms with Gasteiger partial charge in [-0.3, -0.25) is 9.59 Å². The second-order valence-corrected chi connectivity index (χ2v) is 7.65. The molecule has 0 radical (unpaired) electrons. The predicted molar refractivity (Wildman–Crippen MR) is 122 cm³/mol. The zero-order chi connectivity index (χ0) is 22.3. The maximum atomic E-state index is 12.7. The van der Waals surface area contributed by atoms with Crippen LogP contribution in [0.1, 0.15) is 32.2 Å². The van der Waals surface area contributed by atoms with Crippen molar-refractivity contribution in [3.63, 3.8) is 0 Å². The van der Waals surface area contributed by atoms with Crippen LogP contribution >= 0.6 is 15.9 Å². The maximum absolute atomic E-state index is 12.7. The lowest BCUT2D eigenvalue weighted by atomic mass is 10.1. The van der Waals surface area contributed by atoms with E-state index in [0.717, 1.165) is 11.3 Å². The Hall–Kier alpha value is -3.62. The summed E-state index contributed by atoms with van der Waals surface area (Å²) in [5, 5.41) is 5.58. The molecule has 4 rings (SSSR count). The summed E-state index contributed by atoms with van der Waals surface area (Å²) in [5.41, 5.74) is 2.45. The summed E-state index contributed by atoms with van der Waals surface area (Å²) >= 11 is 3.16. The summed E-state index contributed by atoms with van der Waals surface area (Å²) in [6.07, 6.45) is 1.60. The van der Waals surface area contributed by atoms with E-state index in [1.807, 2.05) is 30.3 Å². The van der Waals surface area contributed by atoms with E-state index in [-0.39, 0.29) is 11.7 Å². The monoisotopic (exact) mass is 494 g/mol. The molecule has 7 nitrogen and oxygen atoms in total. The third-order valence-electron chi connectivity index (χ3n) is 4.46. The van der Waals surface area contributed by atoms with E-state index >= 15 is 0 Å². The van der Waals surface area contributed by atoms with Crippen molar-refractivity contribution in [1.82, 2.24) is 0 Å². The molecule has 8 heteroatoms. The van der Waals surface area contributed by atoms with Gasteiger partial charge in [-0.25, -0.2) is 0 Å². The van der Waals surface area contributed by atoms with Crippen LogP contribution in [0.3, 0.4) is 0 Å². The Kier molecular flexibility index (Phi) is 6.84. The molecule has 0 saturated carbocycles. The summed E-state index contributed by atoms with van der Waals surface area (Å²) in [5.74, 6) is 0.213. The van der Waals surface area contributed by atoms with Gasteiger partial charge in [0.05, 0.1) is 12.9 Å². The number of ether oxygens (including phenoxy) is 1.